The van der Waals surface area contributed by atoms with E-state index in [1.807, 2.05) is 48.5 Å². The minimum absolute atomic E-state index is 0.0736. The summed E-state index contributed by atoms with van der Waals surface area (Å²) in [7, 11) is -1.43. The van der Waals surface area contributed by atoms with Crippen LogP contribution < -0.4 is 20.1 Å². The number of benzene rings is 2. The van der Waals surface area contributed by atoms with E-state index < -0.39 is 29.6 Å². The van der Waals surface area contributed by atoms with E-state index >= 15 is 0 Å². The SMILES string of the molecule is COc1ccc(P(=S)(O[Si](C)(C)C(C)(C)C)OP(=S)(O[Si](C)(C)C(C)(C)C)c2ccc(OC)cc2)cc1. The van der Waals surface area contributed by atoms with Crippen LogP contribution in [-0.4, -0.2) is 30.9 Å². The Bertz CT molecular complexity index is 1060. The van der Waals surface area contributed by atoms with Crippen LogP contribution >= 0.6 is 13.0 Å². The first kappa shape index (κ1) is 32.9. The van der Waals surface area contributed by atoms with E-state index in [4.69, 9.17) is 45.8 Å². The molecule has 208 valence electrons. The van der Waals surface area contributed by atoms with Crippen molar-refractivity contribution in [2.24, 2.45) is 0 Å². The lowest BCUT2D eigenvalue weighted by Gasteiger charge is -2.44. The first-order valence-electron chi connectivity index (χ1n) is 12.3. The van der Waals surface area contributed by atoms with Crippen molar-refractivity contribution in [3.8, 4) is 11.5 Å². The predicted octanol–water partition coefficient (Wildman–Crippen LogP) is 8.33. The minimum Gasteiger partial charge on any atom is -0.497 e. The molecule has 2 unspecified atom stereocenters. The van der Waals surface area contributed by atoms with Gasteiger partial charge in [0.2, 0.25) is 29.6 Å². The van der Waals surface area contributed by atoms with Crippen molar-refractivity contribution < 1.29 is 22.2 Å². The van der Waals surface area contributed by atoms with Gasteiger partial charge >= 0.3 is 0 Å². The van der Waals surface area contributed by atoms with Crippen molar-refractivity contribution in [2.45, 2.75) is 77.8 Å². The maximum Gasteiger partial charge on any atom is 0.215 e. The summed E-state index contributed by atoms with van der Waals surface area (Å²) in [6.07, 6.45) is 0. The van der Waals surface area contributed by atoms with E-state index in [0.29, 0.717) is 0 Å². The summed E-state index contributed by atoms with van der Waals surface area (Å²) in [6, 6.07) is 15.3. The zero-order valence-corrected chi connectivity index (χ0v) is 29.8. The van der Waals surface area contributed by atoms with E-state index in [1.54, 1.807) is 14.2 Å². The fourth-order valence-electron chi connectivity index (χ4n) is 2.78. The third-order valence-electron chi connectivity index (χ3n) is 7.30. The number of methoxy groups -OCH3 is 2. The second-order valence-electron chi connectivity index (χ2n) is 12.2. The molecule has 0 radical (unpaired) electrons. The van der Waals surface area contributed by atoms with Crippen LogP contribution in [0.3, 0.4) is 0 Å². The molecule has 2 aromatic carbocycles. The molecule has 2 rings (SSSR count). The molecule has 0 fully saturated rings. The standard InChI is InChI=1S/C26H44O5P2S2Si2/c1-25(2,3)36(9,10)30-32(34,23-17-13-21(27-7)14-18-23)29-33(35,31-37(11,12)26(4,5)6)24-19-15-22(28-8)16-20-24/h13-20H,1-12H3. The van der Waals surface area contributed by atoms with Crippen LogP contribution in [0.4, 0.5) is 0 Å². The van der Waals surface area contributed by atoms with Gasteiger partial charge in [-0.2, -0.15) is 0 Å². The molecule has 0 saturated carbocycles. The van der Waals surface area contributed by atoms with E-state index in [1.165, 1.54) is 0 Å². The second kappa shape index (κ2) is 11.6. The fraction of sp³-hybridized carbons (Fsp3) is 0.538. The molecule has 0 aliphatic rings. The lowest BCUT2D eigenvalue weighted by molar-refractivity contribution is 0.415. The van der Waals surface area contributed by atoms with Crippen molar-refractivity contribution in [2.75, 3.05) is 14.2 Å². The topological polar surface area (TPSA) is 46.2 Å². The largest absolute Gasteiger partial charge is 0.497 e. The van der Waals surface area contributed by atoms with Crippen LogP contribution in [0.15, 0.2) is 48.5 Å². The Morgan fingerprint density at radius 3 is 1.05 bits per heavy atom. The number of rotatable bonds is 10. The second-order valence-corrected chi connectivity index (χ2v) is 29.2. The van der Waals surface area contributed by atoms with Crippen LogP contribution in [-0.2, 0) is 36.4 Å². The Morgan fingerprint density at radius 2 is 0.838 bits per heavy atom. The third kappa shape index (κ3) is 7.86. The maximum atomic E-state index is 7.00. The van der Waals surface area contributed by atoms with Gasteiger partial charge in [-0.3, -0.25) is 4.31 Å². The average molecular weight is 619 g/mol. The lowest BCUT2D eigenvalue weighted by Crippen LogP contribution is -2.42. The molecule has 0 N–H and O–H groups in total. The van der Waals surface area contributed by atoms with Crippen LogP contribution in [0.5, 0.6) is 11.5 Å². The summed E-state index contributed by atoms with van der Waals surface area (Å²) < 4.78 is 31.8. The Hall–Kier alpha value is -0.346. The van der Waals surface area contributed by atoms with Gasteiger partial charge in [0, 0.05) is 10.6 Å². The van der Waals surface area contributed by atoms with Gasteiger partial charge in [0.05, 0.1) is 14.2 Å². The molecule has 2 atom stereocenters. The molecule has 0 bridgehead atoms. The highest BCUT2D eigenvalue weighted by Gasteiger charge is 2.47. The number of hydrogen-bond acceptors (Lipinski definition) is 7. The van der Waals surface area contributed by atoms with Gasteiger partial charge in [-0.25, -0.2) is 0 Å². The van der Waals surface area contributed by atoms with Gasteiger partial charge in [0.1, 0.15) is 11.5 Å². The first-order valence-corrected chi connectivity index (χ1v) is 23.4. The third-order valence-corrected chi connectivity index (χ3v) is 27.5. The van der Waals surface area contributed by atoms with Gasteiger partial charge in [0.25, 0.3) is 0 Å². The predicted molar refractivity (Wildman–Crippen MR) is 171 cm³/mol. The molecular weight excluding hydrogens is 575 g/mol. The van der Waals surface area contributed by atoms with E-state index in [0.717, 1.165) is 22.1 Å². The van der Waals surface area contributed by atoms with Gasteiger partial charge in [0.15, 0.2) is 0 Å². The molecule has 5 nitrogen and oxygen atoms in total. The summed E-state index contributed by atoms with van der Waals surface area (Å²) in [5.41, 5.74) is 0. The molecular formula is C26H44O5P2S2Si2. The molecule has 0 amide bonds. The van der Waals surface area contributed by atoms with E-state index in [9.17, 15) is 0 Å². The van der Waals surface area contributed by atoms with E-state index in [-0.39, 0.29) is 10.1 Å². The van der Waals surface area contributed by atoms with Crippen molar-refractivity contribution in [3.05, 3.63) is 48.5 Å². The van der Waals surface area contributed by atoms with Gasteiger partial charge < -0.3 is 17.9 Å². The van der Waals surface area contributed by atoms with Gasteiger partial charge in [-0.15, -0.1) is 0 Å². The Labute approximate surface area is 237 Å². The van der Waals surface area contributed by atoms with E-state index in [2.05, 4.69) is 67.7 Å². The highest BCUT2D eigenvalue weighted by molar-refractivity contribution is 8.21. The lowest BCUT2D eigenvalue weighted by atomic mass is 10.2. The van der Waals surface area contributed by atoms with Crippen molar-refractivity contribution >= 4 is 63.8 Å². The summed E-state index contributed by atoms with van der Waals surface area (Å²) in [6.45, 7) is 15.7. The first-order chi connectivity index (χ1) is 16.7. The quantitative estimate of drug-likeness (QED) is 0.196. The summed E-state index contributed by atoms with van der Waals surface area (Å²) in [5.74, 6) is 1.48. The number of ether oxygens (including phenoxy) is 2. The highest BCUT2D eigenvalue weighted by Crippen LogP contribution is 2.68. The summed E-state index contributed by atoms with van der Waals surface area (Å²) >= 11 is 12.8. The Balaban J connectivity index is 2.75. The fourth-order valence-corrected chi connectivity index (χ4v) is 20.6. The molecule has 0 heterocycles. The van der Waals surface area contributed by atoms with Gasteiger partial charge in [-0.1, -0.05) is 41.5 Å². The summed E-state index contributed by atoms with van der Waals surface area (Å²) in [5, 5.41) is 1.45. The van der Waals surface area contributed by atoms with Crippen molar-refractivity contribution in [1.29, 1.82) is 0 Å². The van der Waals surface area contributed by atoms with Crippen LogP contribution in [0.25, 0.3) is 0 Å². The molecule has 37 heavy (non-hydrogen) atoms. The maximum absolute atomic E-state index is 7.00. The van der Waals surface area contributed by atoms with Crippen LogP contribution in [0, 0.1) is 0 Å². The monoisotopic (exact) mass is 618 g/mol. The average Bonchev–Trinajstić information content (AvgIpc) is 2.76. The zero-order valence-electron chi connectivity index (χ0n) is 24.4. The molecule has 0 spiro atoms. The number of hydrogen-bond donors (Lipinski definition) is 0. The van der Waals surface area contributed by atoms with Crippen molar-refractivity contribution in [3.63, 3.8) is 0 Å². The molecule has 0 aliphatic heterocycles. The molecule has 0 aromatic heterocycles. The normalized spacial score (nSPS) is 16.5. The van der Waals surface area contributed by atoms with Crippen molar-refractivity contribution in [1.82, 2.24) is 0 Å². The highest BCUT2D eigenvalue weighted by atomic mass is 32.5. The Kier molecular flexibility index (Phi) is 10.3. The molecule has 2 aromatic rings. The van der Waals surface area contributed by atoms with Crippen LogP contribution in [0.1, 0.15) is 41.5 Å². The molecule has 0 aliphatic carbocycles. The molecule has 11 heteroatoms. The smallest absolute Gasteiger partial charge is 0.215 e. The molecule has 0 saturated heterocycles. The summed E-state index contributed by atoms with van der Waals surface area (Å²) in [4.78, 5) is 0. The van der Waals surface area contributed by atoms with Crippen LogP contribution in [0.2, 0.25) is 36.3 Å². The minimum atomic E-state index is -3.11. The zero-order chi connectivity index (χ0) is 28.5. The van der Waals surface area contributed by atoms with Gasteiger partial charge in [-0.05, 0) is 108 Å². The Morgan fingerprint density at radius 1 is 0.568 bits per heavy atom.